The molecule has 4 atom stereocenters. The lowest BCUT2D eigenvalue weighted by molar-refractivity contribution is -0.192. The van der Waals surface area contributed by atoms with Gasteiger partial charge in [0.15, 0.2) is 5.79 Å². The molecule has 0 aromatic carbocycles. The molecule has 5 nitrogen and oxygen atoms in total. The van der Waals surface area contributed by atoms with Crippen molar-refractivity contribution in [3.8, 4) is 0 Å². The molecule has 3 N–H and O–H groups in total. The number of hydrogen-bond donors (Lipinski definition) is 3. The van der Waals surface area contributed by atoms with Crippen molar-refractivity contribution in [3.63, 3.8) is 0 Å². The fourth-order valence-electron chi connectivity index (χ4n) is 3.00. The SMILES string of the molecule is CC[C@]1(O)C[C@](O)(CO)C[C@H]2OC(C)(C)O[C@H]21. The Hall–Kier alpha value is -0.200. The largest absolute Gasteiger partial charge is 0.393 e. The minimum atomic E-state index is -1.28. The van der Waals surface area contributed by atoms with Crippen molar-refractivity contribution in [3.05, 3.63) is 0 Å². The van der Waals surface area contributed by atoms with E-state index < -0.39 is 23.1 Å². The second-order valence-electron chi connectivity index (χ2n) is 5.82. The van der Waals surface area contributed by atoms with Gasteiger partial charge in [0.1, 0.15) is 6.10 Å². The lowest BCUT2D eigenvalue weighted by Crippen LogP contribution is -2.60. The van der Waals surface area contributed by atoms with Crippen LogP contribution in [0.2, 0.25) is 0 Å². The molecule has 0 radical (unpaired) electrons. The van der Waals surface area contributed by atoms with E-state index in [2.05, 4.69) is 0 Å². The van der Waals surface area contributed by atoms with Crippen LogP contribution in [0.4, 0.5) is 0 Å². The van der Waals surface area contributed by atoms with Gasteiger partial charge in [-0.1, -0.05) is 6.92 Å². The van der Waals surface area contributed by atoms with Crippen molar-refractivity contribution < 1.29 is 24.8 Å². The Morgan fingerprint density at radius 3 is 2.41 bits per heavy atom. The fourth-order valence-corrected chi connectivity index (χ4v) is 3.00. The molecule has 0 aromatic heterocycles. The zero-order valence-corrected chi connectivity index (χ0v) is 10.6. The van der Waals surface area contributed by atoms with Crippen LogP contribution < -0.4 is 0 Å². The third-order valence-electron chi connectivity index (χ3n) is 3.84. The van der Waals surface area contributed by atoms with Crippen LogP contribution in [-0.4, -0.2) is 51.1 Å². The molecule has 0 bridgehead atoms. The van der Waals surface area contributed by atoms with Gasteiger partial charge >= 0.3 is 0 Å². The van der Waals surface area contributed by atoms with Gasteiger partial charge in [0.05, 0.1) is 23.9 Å². The predicted molar refractivity (Wildman–Crippen MR) is 60.3 cm³/mol. The van der Waals surface area contributed by atoms with Crippen LogP contribution in [0, 0.1) is 0 Å². The monoisotopic (exact) mass is 246 g/mol. The lowest BCUT2D eigenvalue weighted by Gasteiger charge is -2.46. The number of fused-ring (bicyclic) bond motifs is 1. The van der Waals surface area contributed by atoms with Gasteiger partial charge in [-0.3, -0.25) is 0 Å². The third-order valence-corrected chi connectivity index (χ3v) is 3.84. The van der Waals surface area contributed by atoms with E-state index in [0.717, 1.165) is 0 Å². The summed E-state index contributed by atoms with van der Waals surface area (Å²) in [5.74, 6) is -0.751. The zero-order chi connectivity index (χ0) is 12.9. The van der Waals surface area contributed by atoms with Crippen LogP contribution in [0.25, 0.3) is 0 Å². The molecule has 1 aliphatic heterocycles. The molecule has 5 heteroatoms. The fraction of sp³-hybridized carbons (Fsp3) is 1.00. The molecule has 0 amide bonds. The highest BCUT2D eigenvalue weighted by atomic mass is 16.8. The summed E-state index contributed by atoms with van der Waals surface area (Å²) >= 11 is 0. The van der Waals surface area contributed by atoms with Gasteiger partial charge < -0.3 is 24.8 Å². The maximum absolute atomic E-state index is 10.6. The summed E-state index contributed by atoms with van der Waals surface area (Å²) in [6, 6.07) is 0. The predicted octanol–water partition coefficient (Wildman–Crippen LogP) is 0.165. The molecular formula is C12H22O5. The Balaban J connectivity index is 2.28. The molecule has 2 aliphatic rings. The van der Waals surface area contributed by atoms with E-state index in [1.165, 1.54) is 0 Å². The van der Waals surface area contributed by atoms with Crippen molar-refractivity contribution in [1.82, 2.24) is 0 Å². The summed E-state index contributed by atoms with van der Waals surface area (Å²) in [7, 11) is 0. The summed E-state index contributed by atoms with van der Waals surface area (Å²) < 4.78 is 11.4. The van der Waals surface area contributed by atoms with E-state index in [9.17, 15) is 15.3 Å². The van der Waals surface area contributed by atoms with Crippen molar-refractivity contribution in [1.29, 1.82) is 0 Å². The Labute approximate surface area is 101 Å². The molecular weight excluding hydrogens is 224 g/mol. The number of ether oxygens (including phenoxy) is 2. The Morgan fingerprint density at radius 2 is 1.88 bits per heavy atom. The normalized spacial score (nSPS) is 49.1. The van der Waals surface area contributed by atoms with Crippen molar-refractivity contribution in [2.24, 2.45) is 0 Å². The van der Waals surface area contributed by atoms with E-state index in [0.29, 0.717) is 12.8 Å². The maximum atomic E-state index is 10.6. The third kappa shape index (κ3) is 2.22. The van der Waals surface area contributed by atoms with Crippen LogP contribution in [0.1, 0.15) is 40.0 Å². The smallest absolute Gasteiger partial charge is 0.163 e. The minimum absolute atomic E-state index is 0.119. The Bertz CT molecular complexity index is 305. The van der Waals surface area contributed by atoms with Crippen LogP contribution in [0.15, 0.2) is 0 Å². The van der Waals surface area contributed by atoms with Crippen LogP contribution in [-0.2, 0) is 9.47 Å². The molecule has 2 rings (SSSR count). The highest BCUT2D eigenvalue weighted by molar-refractivity contribution is 5.07. The standard InChI is InChI=1S/C12H22O5/c1-4-12(15)6-11(14,7-13)5-8-9(12)17-10(2,3)16-8/h8-9,13-15H,4-7H2,1-3H3/t8-,9-,11+,12+/m1/s1. The first kappa shape index (κ1) is 13.2. The van der Waals surface area contributed by atoms with E-state index >= 15 is 0 Å². The number of aliphatic hydroxyl groups excluding tert-OH is 1. The molecule has 1 saturated carbocycles. The van der Waals surface area contributed by atoms with Gasteiger partial charge in [-0.05, 0) is 20.3 Å². The van der Waals surface area contributed by atoms with E-state index in [1.54, 1.807) is 13.8 Å². The zero-order valence-electron chi connectivity index (χ0n) is 10.6. The van der Waals surface area contributed by atoms with Crippen molar-refractivity contribution in [2.45, 2.75) is 69.2 Å². The molecule has 17 heavy (non-hydrogen) atoms. The second kappa shape index (κ2) is 3.90. The van der Waals surface area contributed by atoms with Gasteiger partial charge in [0.25, 0.3) is 0 Å². The molecule has 0 aromatic rings. The second-order valence-corrected chi connectivity index (χ2v) is 5.82. The van der Waals surface area contributed by atoms with Crippen LogP contribution in [0.5, 0.6) is 0 Å². The highest BCUT2D eigenvalue weighted by Crippen LogP contribution is 2.46. The van der Waals surface area contributed by atoms with Gasteiger partial charge in [-0.2, -0.15) is 0 Å². The first-order valence-electron chi connectivity index (χ1n) is 6.15. The average molecular weight is 246 g/mol. The van der Waals surface area contributed by atoms with Crippen LogP contribution >= 0.6 is 0 Å². The number of rotatable bonds is 2. The highest BCUT2D eigenvalue weighted by Gasteiger charge is 2.59. The summed E-state index contributed by atoms with van der Waals surface area (Å²) in [5.41, 5.74) is -2.43. The molecule has 1 aliphatic carbocycles. The van der Waals surface area contributed by atoms with Gasteiger partial charge in [0, 0.05) is 12.8 Å². The summed E-state index contributed by atoms with van der Waals surface area (Å²) in [6.07, 6.45) is 0.0545. The Morgan fingerprint density at radius 1 is 1.24 bits per heavy atom. The summed E-state index contributed by atoms with van der Waals surface area (Å²) in [5, 5.41) is 30.1. The van der Waals surface area contributed by atoms with Gasteiger partial charge in [-0.25, -0.2) is 0 Å². The van der Waals surface area contributed by atoms with Gasteiger partial charge in [0.2, 0.25) is 0 Å². The molecule has 0 unspecified atom stereocenters. The Kier molecular flexibility index (Phi) is 3.03. The first-order valence-corrected chi connectivity index (χ1v) is 6.15. The molecule has 0 spiro atoms. The van der Waals surface area contributed by atoms with E-state index in [-0.39, 0.29) is 19.1 Å². The van der Waals surface area contributed by atoms with E-state index in [4.69, 9.17) is 9.47 Å². The molecule has 2 fully saturated rings. The molecule has 1 saturated heterocycles. The average Bonchev–Trinajstić information content (AvgIpc) is 2.53. The first-order chi connectivity index (χ1) is 7.74. The maximum Gasteiger partial charge on any atom is 0.163 e. The molecule has 100 valence electrons. The topological polar surface area (TPSA) is 79.2 Å². The number of hydrogen-bond acceptors (Lipinski definition) is 5. The summed E-state index contributed by atoms with van der Waals surface area (Å²) in [4.78, 5) is 0. The van der Waals surface area contributed by atoms with Crippen molar-refractivity contribution >= 4 is 0 Å². The summed E-state index contributed by atoms with van der Waals surface area (Å²) in [6.45, 7) is 5.05. The lowest BCUT2D eigenvalue weighted by atomic mass is 9.71. The van der Waals surface area contributed by atoms with Crippen LogP contribution in [0.3, 0.4) is 0 Å². The van der Waals surface area contributed by atoms with E-state index in [1.807, 2.05) is 6.92 Å². The van der Waals surface area contributed by atoms with Gasteiger partial charge in [-0.15, -0.1) is 0 Å². The minimum Gasteiger partial charge on any atom is -0.393 e. The number of aliphatic hydroxyl groups is 3. The quantitative estimate of drug-likeness (QED) is 0.647. The molecule has 1 heterocycles. The van der Waals surface area contributed by atoms with Crippen molar-refractivity contribution in [2.75, 3.05) is 6.61 Å².